The van der Waals surface area contributed by atoms with Crippen molar-refractivity contribution in [3.05, 3.63) is 35.2 Å². The third-order valence-corrected chi connectivity index (χ3v) is 5.06. The molecule has 9 heteroatoms. The van der Waals surface area contributed by atoms with Crippen LogP contribution in [0.5, 0.6) is 0 Å². The Morgan fingerprint density at radius 1 is 1.38 bits per heavy atom. The quantitative estimate of drug-likeness (QED) is 0.875. The van der Waals surface area contributed by atoms with Gasteiger partial charge in [0.1, 0.15) is 11.6 Å². The number of rotatable bonds is 5. The van der Waals surface area contributed by atoms with Crippen LogP contribution < -0.4 is 5.32 Å². The molecule has 24 heavy (non-hydrogen) atoms. The Bertz CT molecular complexity index is 782. The Kier molecular flexibility index (Phi) is 5.10. The molecule has 0 atom stereocenters. The number of hydrogen-bond acceptors (Lipinski definition) is 5. The van der Waals surface area contributed by atoms with E-state index in [-0.39, 0.29) is 28.8 Å². The first-order valence-electron chi connectivity index (χ1n) is 7.15. The van der Waals surface area contributed by atoms with Gasteiger partial charge in [-0.15, -0.1) is 11.3 Å². The maximum atomic E-state index is 13.7. The average molecular weight is 369 g/mol. The van der Waals surface area contributed by atoms with Crippen LogP contribution in [0.4, 0.5) is 18.7 Å². The fraction of sp³-hybridized carbons (Fsp3) is 0.267. The third-order valence-electron chi connectivity index (χ3n) is 3.41. The molecule has 0 spiro atoms. The van der Waals surface area contributed by atoms with E-state index in [0.29, 0.717) is 18.2 Å². The molecule has 126 valence electrons. The minimum atomic E-state index is -0.579. The number of nitrogens with zero attached hydrogens (tertiary/aromatic N) is 2. The lowest BCUT2D eigenvalue weighted by atomic mass is 10.1. The predicted molar refractivity (Wildman–Crippen MR) is 90.1 cm³/mol. The summed E-state index contributed by atoms with van der Waals surface area (Å²) < 4.78 is 27.0. The van der Waals surface area contributed by atoms with Crippen LogP contribution in [0.25, 0.3) is 11.3 Å². The van der Waals surface area contributed by atoms with Crippen LogP contribution in [-0.2, 0) is 4.79 Å². The molecule has 2 aromatic rings. The van der Waals surface area contributed by atoms with Gasteiger partial charge in [-0.1, -0.05) is 11.8 Å². The van der Waals surface area contributed by atoms with Crippen molar-refractivity contribution in [2.24, 2.45) is 0 Å². The zero-order chi connectivity index (χ0) is 17.1. The lowest BCUT2D eigenvalue weighted by Crippen LogP contribution is -2.27. The van der Waals surface area contributed by atoms with E-state index >= 15 is 0 Å². The van der Waals surface area contributed by atoms with Crippen molar-refractivity contribution in [2.45, 2.75) is 6.42 Å². The number of anilines is 1. The van der Waals surface area contributed by atoms with Crippen molar-refractivity contribution >= 4 is 39.4 Å². The number of amides is 2. The summed E-state index contributed by atoms with van der Waals surface area (Å²) in [5.74, 6) is -0.668. The Hall–Kier alpha value is -2.00. The van der Waals surface area contributed by atoms with Gasteiger partial charge < -0.3 is 10.2 Å². The molecular weight excluding hydrogens is 356 g/mol. The van der Waals surface area contributed by atoms with Gasteiger partial charge in [-0.25, -0.2) is 13.8 Å². The molecule has 1 saturated heterocycles. The third kappa shape index (κ3) is 3.90. The van der Waals surface area contributed by atoms with E-state index in [9.17, 15) is 18.4 Å². The second kappa shape index (κ2) is 7.27. The Balaban J connectivity index is 1.60. The van der Waals surface area contributed by atoms with E-state index < -0.39 is 11.6 Å². The van der Waals surface area contributed by atoms with Crippen molar-refractivity contribution in [1.29, 1.82) is 0 Å². The van der Waals surface area contributed by atoms with Crippen LogP contribution >= 0.6 is 23.1 Å². The lowest BCUT2D eigenvalue weighted by molar-refractivity contribution is -0.116. The normalized spacial score (nSPS) is 14.2. The summed E-state index contributed by atoms with van der Waals surface area (Å²) in [5.41, 5.74) is 0.310. The topological polar surface area (TPSA) is 62.3 Å². The van der Waals surface area contributed by atoms with Crippen molar-refractivity contribution in [1.82, 2.24) is 9.88 Å². The van der Waals surface area contributed by atoms with Gasteiger partial charge in [0.15, 0.2) is 5.13 Å². The molecule has 2 amide bonds. The van der Waals surface area contributed by atoms with E-state index in [2.05, 4.69) is 10.3 Å². The number of halogens is 2. The number of nitrogens with one attached hydrogen (secondary N) is 1. The summed E-state index contributed by atoms with van der Waals surface area (Å²) in [5, 5.41) is 4.46. The highest BCUT2D eigenvalue weighted by Gasteiger charge is 2.21. The first-order chi connectivity index (χ1) is 11.5. The smallest absolute Gasteiger partial charge is 0.281 e. The molecule has 0 unspecified atom stereocenters. The predicted octanol–water partition coefficient (Wildman–Crippen LogP) is 3.59. The van der Waals surface area contributed by atoms with E-state index in [4.69, 9.17) is 0 Å². The van der Waals surface area contributed by atoms with Crippen molar-refractivity contribution in [3.63, 3.8) is 0 Å². The molecular formula is C15H13F2N3O2S2. The second-order valence-corrected chi connectivity index (χ2v) is 6.97. The molecule has 1 aromatic carbocycles. The molecule has 0 aliphatic carbocycles. The van der Waals surface area contributed by atoms with E-state index in [0.717, 1.165) is 35.3 Å². The molecule has 0 bridgehead atoms. The van der Waals surface area contributed by atoms with Gasteiger partial charge in [-0.2, -0.15) is 0 Å². The first kappa shape index (κ1) is 16.8. The number of benzene rings is 1. The molecule has 0 saturated carbocycles. The monoisotopic (exact) mass is 369 g/mol. The van der Waals surface area contributed by atoms with Crippen LogP contribution in [-0.4, -0.2) is 39.9 Å². The van der Waals surface area contributed by atoms with Crippen LogP contribution in [0, 0.1) is 11.6 Å². The standard InChI is InChI=1S/C15H13F2N3O2S2/c16-9-1-2-11(17)10(7-9)12-8-24-14(18-12)19-13(21)3-4-20-5-6-23-15(20)22/h1-2,7-8H,3-6H2,(H,18,19,21). The van der Waals surface area contributed by atoms with E-state index in [1.165, 1.54) is 11.8 Å². The zero-order valence-electron chi connectivity index (χ0n) is 12.4. The first-order valence-corrected chi connectivity index (χ1v) is 9.02. The Labute approximate surface area is 145 Å². The largest absolute Gasteiger partial charge is 0.332 e. The SMILES string of the molecule is O=C(CCN1CCSC1=O)Nc1nc(-c2cc(F)ccc2F)cs1. The van der Waals surface area contributed by atoms with Crippen LogP contribution in [0.1, 0.15) is 6.42 Å². The van der Waals surface area contributed by atoms with Crippen molar-refractivity contribution in [3.8, 4) is 11.3 Å². The molecule has 1 aliphatic heterocycles. The van der Waals surface area contributed by atoms with Crippen LogP contribution in [0.2, 0.25) is 0 Å². The fourth-order valence-corrected chi connectivity index (χ4v) is 3.77. The van der Waals surface area contributed by atoms with Crippen molar-refractivity contribution < 1.29 is 18.4 Å². The number of aromatic nitrogens is 1. The van der Waals surface area contributed by atoms with Gasteiger partial charge in [0.2, 0.25) is 5.91 Å². The van der Waals surface area contributed by atoms with E-state index in [1.54, 1.807) is 10.3 Å². The summed E-state index contributed by atoms with van der Waals surface area (Å²) in [6, 6.07) is 3.13. The highest BCUT2D eigenvalue weighted by molar-refractivity contribution is 8.13. The van der Waals surface area contributed by atoms with Crippen LogP contribution in [0.15, 0.2) is 23.6 Å². The Morgan fingerprint density at radius 2 is 2.21 bits per heavy atom. The maximum Gasteiger partial charge on any atom is 0.281 e. The number of thiazole rings is 1. The summed E-state index contributed by atoms with van der Waals surface area (Å²) >= 11 is 2.37. The molecule has 3 rings (SSSR count). The maximum absolute atomic E-state index is 13.7. The van der Waals surface area contributed by atoms with Gasteiger partial charge in [0.05, 0.1) is 5.69 Å². The van der Waals surface area contributed by atoms with Crippen molar-refractivity contribution in [2.75, 3.05) is 24.2 Å². The van der Waals surface area contributed by atoms with Gasteiger partial charge in [-0.05, 0) is 18.2 Å². The summed E-state index contributed by atoms with van der Waals surface area (Å²) in [6.45, 7) is 1.01. The molecule has 1 aliphatic rings. The molecule has 2 heterocycles. The van der Waals surface area contributed by atoms with Gasteiger partial charge in [0.25, 0.3) is 5.24 Å². The van der Waals surface area contributed by atoms with Crippen LogP contribution in [0.3, 0.4) is 0 Å². The summed E-state index contributed by atoms with van der Waals surface area (Å²) in [4.78, 5) is 29.1. The minimum absolute atomic E-state index is 0.0130. The summed E-state index contributed by atoms with van der Waals surface area (Å²) in [6.07, 6.45) is 0.162. The van der Waals surface area contributed by atoms with Gasteiger partial charge >= 0.3 is 0 Å². The molecule has 1 aromatic heterocycles. The number of carbonyl (C=O) groups is 2. The van der Waals surface area contributed by atoms with E-state index in [1.807, 2.05) is 0 Å². The number of thioether (sulfide) groups is 1. The second-order valence-electron chi connectivity index (χ2n) is 5.06. The number of hydrogen-bond donors (Lipinski definition) is 1. The zero-order valence-corrected chi connectivity index (χ0v) is 14.1. The highest BCUT2D eigenvalue weighted by Crippen LogP contribution is 2.27. The molecule has 1 fully saturated rings. The summed E-state index contributed by atoms with van der Waals surface area (Å²) in [7, 11) is 0. The molecule has 0 radical (unpaired) electrons. The fourth-order valence-electron chi connectivity index (χ4n) is 2.20. The molecule has 1 N–H and O–H groups in total. The highest BCUT2D eigenvalue weighted by atomic mass is 32.2. The average Bonchev–Trinajstić information content (AvgIpc) is 3.17. The lowest BCUT2D eigenvalue weighted by Gasteiger charge is -2.13. The van der Waals surface area contributed by atoms with Gasteiger partial charge in [0, 0.05) is 36.2 Å². The van der Waals surface area contributed by atoms with Gasteiger partial charge in [-0.3, -0.25) is 9.59 Å². The number of carbonyl (C=O) groups excluding carboxylic acids is 2. The Morgan fingerprint density at radius 3 is 2.96 bits per heavy atom. The molecule has 5 nitrogen and oxygen atoms in total. The minimum Gasteiger partial charge on any atom is -0.332 e.